The van der Waals surface area contributed by atoms with E-state index in [1.807, 2.05) is 18.2 Å². The Hall–Kier alpha value is -1.35. The van der Waals surface area contributed by atoms with Crippen molar-refractivity contribution in [3.05, 3.63) is 35.9 Å². The van der Waals surface area contributed by atoms with E-state index in [2.05, 4.69) is 29.7 Å². The lowest BCUT2D eigenvalue weighted by molar-refractivity contribution is -0.125. The van der Waals surface area contributed by atoms with E-state index in [4.69, 9.17) is 0 Å². The highest BCUT2D eigenvalue weighted by Crippen LogP contribution is 2.09. The molecule has 2 N–H and O–H groups in total. The predicted octanol–water partition coefficient (Wildman–Crippen LogP) is 1.34. The van der Waals surface area contributed by atoms with Gasteiger partial charge in [0.05, 0.1) is 5.92 Å². The number of hydrogen-bond donors (Lipinski definition) is 2. The molecule has 0 bridgehead atoms. The maximum atomic E-state index is 11.9. The average Bonchev–Trinajstić information content (AvgIpc) is 2.83. The van der Waals surface area contributed by atoms with E-state index >= 15 is 0 Å². The molecule has 1 aliphatic heterocycles. The standard InChI is InChI=1S/C14H20N2O/c1-11(9-12-5-3-2-4-6-12)16-14(17)13-7-8-15-10-13/h2-6,11,13,15H,7-10H2,1H3,(H,16,17). The molecule has 1 saturated heterocycles. The maximum Gasteiger partial charge on any atom is 0.224 e. The highest BCUT2D eigenvalue weighted by Gasteiger charge is 2.23. The van der Waals surface area contributed by atoms with Crippen molar-refractivity contribution in [1.82, 2.24) is 10.6 Å². The second-order valence-electron chi connectivity index (χ2n) is 4.79. The Bertz CT molecular complexity index is 358. The molecule has 3 nitrogen and oxygen atoms in total. The Morgan fingerprint density at radius 1 is 1.47 bits per heavy atom. The number of hydrogen-bond acceptors (Lipinski definition) is 2. The Morgan fingerprint density at radius 2 is 2.24 bits per heavy atom. The zero-order chi connectivity index (χ0) is 12.1. The molecule has 2 unspecified atom stereocenters. The van der Waals surface area contributed by atoms with Gasteiger partial charge in [-0.25, -0.2) is 0 Å². The van der Waals surface area contributed by atoms with E-state index in [1.165, 1.54) is 5.56 Å². The van der Waals surface area contributed by atoms with Crippen molar-refractivity contribution < 1.29 is 4.79 Å². The number of amides is 1. The van der Waals surface area contributed by atoms with E-state index in [0.29, 0.717) is 0 Å². The molecule has 1 aromatic carbocycles. The van der Waals surface area contributed by atoms with Crippen LogP contribution >= 0.6 is 0 Å². The molecule has 2 atom stereocenters. The van der Waals surface area contributed by atoms with Gasteiger partial charge < -0.3 is 10.6 Å². The molecular formula is C14H20N2O. The highest BCUT2D eigenvalue weighted by atomic mass is 16.2. The van der Waals surface area contributed by atoms with Crippen LogP contribution in [0.5, 0.6) is 0 Å². The lowest BCUT2D eigenvalue weighted by atomic mass is 10.0. The number of rotatable bonds is 4. The van der Waals surface area contributed by atoms with Crippen LogP contribution in [0.1, 0.15) is 18.9 Å². The fraction of sp³-hybridized carbons (Fsp3) is 0.500. The minimum Gasteiger partial charge on any atom is -0.353 e. The first kappa shape index (κ1) is 12.1. The molecule has 0 radical (unpaired) electrons. The van der Waals surface area contributed by atoms with Gasteiger partial charge in [0.25, 0.3) is 0 Å². The lowest BCUT2D eigenvalue weighted by Crippen LogP contribution is -2.39. The molecule has 92 valence electrons. The largest absolute Gasteiger partial charge is 0.353 e. The SMILES string of the molecule is CC(Cc1ccccc1)NC(=O)C1CCNC1. The summed E-state index contributed by atoms with van der Waals surface area (Å²) in [6.07, 6.45) is 1.86. The second kappa shape index (κ2) is 5.82. The van der Waals surface area contributed by atoms with Crippen LogP contribution in [0, 0.1) is 5.92 Å². The Morgan fingerprint density at radius 3 is 2.88 bits per heavy atom. The van der Waals surface area contributed by atoms with Crippen molar-refractivity contribution in [2.45, 2.75) is 25.8 Å². The van der Waals surface area contributed by atoms with Crippen LogP contribution in [0.25, 0.3) is 0 Å². The monoisotopic (exact) mass is 232 g/mol. The lowest BCUT2D eigenvalue weighted by Gasteiger charge is -2.16. The molecule has 1 fully saturated rings. The first-order chi connectivity index (χ1) is 8.25. The number of nitrogens with one attached hydrogen (secondary N) is 2. The van der Waals surface area contributed by atoms with E-state index in [9.17, 15) is 4.79 Å². The summed E-state index contributed by atoms with van der Waals surface area (Å²) in [5, 5.41) is 6.31. The molecule has 2 rings (SSSR count). The van der Waals surface area contributed by atoms with Crippen LogP contribution in [0.3, 0.4) is 0 Å². The summed E-state index contributed by atoms with van der Waals surface area (Å²) in [6.45, 7) is 3.85. The van der Waals surface area contributed by atoms with E-state index < -0.39 is 0 Å². The quantitative estimate of drug-likeness (QED) is 0.822. The van der Waals surface area contributed by atoms with Crippen LogP contribution in [0.15, 0.2) is 30.3 Å². The zero-order valence-electron chi connectivity index (χ0n) is 10.3. The molecule has 0 saturated carbocycles. The van der Waals surface area contributed by atoms with Crippen LogP contribution < -0.4 is 10.6 Å². The fourth-order valence-electron chi connectivity index (χ4n) is 2.26. The molecule has 1 aromatic rings. The van der Waals surface area contributed by atoms with Gasteiger partial charge in [0.15, 0.2) is 0 Å². The van der Waals surface area contributed by atoms with E-state index in [-0.39, 0.29) is 17.9 Å². The molecule has 1 amide bonds. The predicted molar refractivity (Wildman–Crippen MR) is 68.7 cm³/mol. The molecule has 3 heteroatoms. The van der Waals surface area contributed by atoms with Gasteiger partial charge in [0, 0.05) is 12.6 Å². The minimum absolute atomic E-state index is 0.160. The topological polar surface area (TPSA) is 41.1 Å². The third-order valence-electron chi connectivity index (χ3n) is 3.20. The van der Waals surface area contributed by atoms with Gasteiger partial charge in [-0.2, -0.15) is 0 Å². The molecule has 1 heterocycles. The third kappa shape index (κ3) is 3.56. The van der Waals surface area contributed by atoms with Crippen molar-refractivity contribution >= 4 is 5.91 Å². The highest BCUT2D eigenvalue weighted by molar-refractivity contribution is 5.79. The summed E-state index contributed by atoms with van der Waals surface area (Å²) < 4.78 is 0. The summed E-state index contributed by atoms with van der Waals surface area (Å²) in [5.74, 6) is 0.353. The summed E-state index contributed by atoms with van der Waals surface area (Å²) in [7, 11) is 0. The zero-order valence-corrected chi connectivity index (χ0v) is 10.3. The van der Waals surface area contributed by atoms with E-state index in [0.717, 1.165) is 25.9 Å². The molecule has 0 spiro atoms. The van der Waals surface area contributed by atoms with E-state index in [1.54, 1.807) is 0 Å². The van der Waals surface area contributed by atoms with Gasteiger partial charge in [-0.05, 0) is 31.9 Å². The van der Waals surface area contributed by atoms with Crippen molar-refractivity contribution in [1.29, 1.82) is 0 Å². The maximum absolute atomic E-state index is 11.9. The summed E-state index contributed by atoms with van der Waals surface area (Å²) >= 11 is 0. The van der Waals surface area contributed by atoms with Gasteiger partial charge >= 0.3 is 0 Å². The van der Waals surface area contributed by atoms with Crippen LogP contribution in [0.4, 0.5) is 0 Å². The third-order valence-corrected chi connectivity index (χ3v) is 3.20. The smallest absolute Gasteiger partial charge is 0.224 e. The van der Waals surface area contributed by atoms with Crippen LogP contribution in [0.2, 0.25) is 0 Å². The van der Waals surface area contributed by atoms with Crippen molar-refractivity contribution in [2.24, 2.45) is 5.92 Å². The van der Waals surface area contributed by atoms with Crippen LogP contribution in [-0.4, -0.2) is 25.0 Å². The normalized spacial score (nSPS) is 21.1. The Kier molecular flexibility index (Phi) is 4.15. The molecular weight excluding hydrogens is 212 g/mol. The molecule has 17 heavy (non-hydrogen) atoms. The summed E-state index contributed by atoms with van der Waals surface area (Å²) in [4.78, 5) is 11.9. The van der Waals surface area contributed by atoms with Crippen LogP contribution in [-0.2, 0) is 11.2 Å². The summed E-state index contributed by atoms with van der Waals surface area (Å²) in [5.41, 5.74) is 1.27. The number of benzene rings is 1. The number of carbonyl (C=O) groups excluding carboxylic acids is 1. The van der Waals surface area contributed by atoms with Crippen molar-refractivity contribution in [2.75, 3.05) is 13.1 Å². The fourth-order valence-corrected chi connectivity index (χ4v) is 2.26. The van der Waals surface area contributed by atoms with Gasteiger partial charge in [0.2, 0.25) is 5.91 Å². The Balaban J connectivity index is 1.80. The summed E-state index contributed by atoms with van der Waals surface area (Å²) in [6, 6.07) is 10.5. The van der Waals surface area contributed by atoms with Gasteiger partial charge in [-0.3, -0.25) is 4.79 Å². The molecule has 0 aliphatic carbocycles. The second-order valence-corrected chi connectivity index (χ2v) is 4.79. The Labute approximate surface area is 103 Å². The van der Waals surface area contributed by atoms with Gasteiger partial charge in [-0.1, -0.05) is 30.3 Å². The minimum atomic E-state index is 0.160. The van der Waals surface area contributed by atoms with Gasteiger partial charge in [0.1, 0.15) is 0 Å². The first-order valence-electron chi connectivity index (χ1n) is 6.30. The molecule has 0 aromatic heterocycles. The van der Waals surface area contributed by atoms with Gasteiger partial charge in [-0.15, -0.1) is 0 Å². The molecule has 1 aliphatic rings. The first-order valence-corrected chi connectivity index (χ1v) is 6.30. The van der Waals surface area contributed by atoms with Crippen molar-refractivity contribution in [3.8, 4) is 0 Å². The van der Waals surface area contributed by atoms with Crippen molar-refractivity contribution in [3.63, 3.8) is 0 Å². The number of carbonyl (C=O) groups is 1. The average molecular weight is 232 g/mol.